The number of carbonyl (C=O) groups is 2. The van der Waals surface area contributed by atoms with Crippen LogP contribution in [-0.4, -0.2) is 25.0 Å². The standard InChI is InChI=1S/C24H25F6NO3/c1-22(2,3)16-7-5-14(6-8-16)11-19(21(33)34-4)31-20(32)12-15-9-17(23(25,26)27)13-18(10-15)24(28,29)30/h5-10,13,19H,11-12H2,1-4H3,(H,31,32)/t19-/m0/s1. The van der Waals surface area contributed by atoms with Gasteiger partial charge in [0.15, 0.2) is 0 Å². The van der Waals surface area contributed by atoms with Crippen molar-refractivity contribution < 1.29 is 40.7 Å². The Kier molecular flexibility index (Phi) is 8.06. The Hall–Kier alpha value is -3.04. The van der Waals surface area contributed by atoms with Crippen molar-refractivity contribution in [3.05, 3.63) is 70.3 Å². The number of amides is 1. The minimum Gasteiger partial charge on any atom is -0.467 e. The van der Waals surface area contributed by atoms with E-state index in [-0.39, 0.29) is 17.9 Å². The molecule has 2 aromatic rings. The highest BCUT2D eigenvalue weighted by molar-refractivity contribution is 5.85. The molecule has 0 heterocycles. The smallest absolute Gasteiger partial charge is 0.416 e. The second-order valence-corrected chi connectivity index (χ2v) is 8.89. The van der Waals surface area contributed by atoms with E-state index in [4.69, 9.17) is 4.74 Å². The summed E-state index contributed by atoms with van der Waals surface area (Å²) >= 11 is 0. The summed E-state index contributed by atoms with van der Waals surface area (Å²) in [4.78, 5) is 24.6. The first kappa shape index (κ1) is 27.2. The Morgan fingerprint density at radius 2 is 1.32 bits per heavy atom. The predicted molar refractivity (Wildman–Crippen MR) is 113 cm³/mol. The zero-order valence-electron chi connectivity index (χ0n) is 19.0. The van der Waals surface area contributed by atoms with Gasteiger partial charge in [-0.3, -0.25) is 4.79 Å². The number of nitrogens with one attached hydrogen (secondary N) is 1. The third kappa shape index (κ3) is 7.50. The van der Waals surface area contributed by atoms with Crippen LogP contribution in [0, 0.1) is 0 Å². The second-order valence-electron chi connectivity index (χ2n) is 8.89. The summed E-state index contributed by atoms with van der Waals surface area (Å²) in [5, 5.41) is 2.35. The van der Waals surface area contributed by atoms with Crippen molar-refractivity contribution in [1.82, 2.24) is 5.32 Å². The molecule has 1 N–H and O–H groups in total. The van der Waals surface area contributed by atoms with Crippen molar-refractivity contribution in [3.8, 4) is 0 Å². The van der Waals surface area contributed by atoms with Crippen molar-refractivity contribution in [1.29, 1.82) is 0 Å². The summed E-state index contributed by atoms with van der Waals surface area (Å²) in [6.07, 6.45) is -10.8. The third-order valence-electron chi connectivity index (χ3n) is 5.09. The molecule has 1 atom stereocenters. The number of esters is 1. The fourth-order valence-electron chi connectivity index (χ4n) is 3.26. The molecule has 2 aromatic carbocycles. The number of ether oxygens (including phenoxy) is 1. The Morgan fingerprint density at radius 1 is 0.824 bits per heavy atom. The summed E-state index contributed by atoms with van der Waals surface area (Å²) in [5.41, 5.74) is -1.91. The molecule has 0 saturated heterocycles. The van der Waals surface area contributed by atoms with Crippen LogP contribution in [0.4, 0.5) is 26.3 Å². The lowest BCUT2D eigenvalue weighted by molar-refractivity contribution is -0.145. The fraction of sp³-hybridized carbons (Fsp3) is 0.417. The summed E-state index contributed by atoms with van der Waals surface area (Å²) in [7, 11) is 1.10. The van der Waals surface area contributed by atoms with Gasteiger partial charge in [0.25, 0.3) is 0 Å². The van der Waals surface area contributed by atoms with Crippen LogP contribution < -0.4 is 5.32 Å². The number of halogens is 6. The van der Waals surface area contributed by atoms with Gasteiger partial charge in [-0.15, -0.1) is 0 Å². The topological polar surface area (TPSA) is 55.4 Å². The summed E-state index contributed by atoms with van der Waals surface area (Å²) in [6, 6.07) is 7.04. The van der Waals surface area contributed by atoms with Crippen LogP contribution in [0.3, 0.4) is 0 Å². The minimum atomic E-state index is -5.03. The van der Waals surface area contributed by atoms with Crippen LogP contribution in [-0.2, 0) is 44.9 Å². The number of hydrogen-bond donors (Lipinski definition) is 1. The number of alkyl halides is 6. The van der Waals surface area contributed by atoms with Crippen molar-refractivity contribution in [2.24, 2.45) is 0 Å². The Balaban J connectivity index is 2.23. The van der Waals surface area contributed by atoms with Gasteiger partial charge in [0.1, 0.15) is 6.04 Å². The maximum absolute atomic E-state index is 13.1. The number of rotatable bonds is 6. The third-order valence-corrected chi connectivity index (χ3v) is 5.09. The largest absolute Gasteiger partial charge is 0.467 e. The van der Waals surface area contributed by atoms with E-state index in [1.165, 1.54) is 0 Å². The number of hydrogen-bond acceptors (Lipinski definition) is 3. The van der Waals surface area contributed by atoms with Crippen molar-refractivity contribution in [3.63, 3.8) is 0 Å². The molecule has 0 aliphatic rings. The lowest BCUT2D eigenvalue weighted by Gasteiger charge is -2.20. The van der Waals surface area contributed by atoms with E-state index < -0.39 is 53.4 Å². The average Bonchev–Trinajstić information content (AvgIpc) is 2.70. The van der Waals surface area contributed by atoms with E-state index in [0.29, 0.717) is 17.7 Å². The molecule has 186 valence electrons. The Bertz CT molecular complexity index is 989. The van der Waals surface area contributed by atoms with Crippen LogP contribution in [0.15, 0.2) is 42.5 Å². The molecular formula is C24H25F6NO3. The molecule has 2 rings (SSSR count). The van der Waals surface area contributed by atoms with Crippen molar-refractivity contribution in [2.75, 3.05) is 7.11 Å². The molecule has 10 heteroatoms. The molecule has 0 bridgehead atoms. The summed E-state index contributed by atoms with van der Waals surface area (Å²) < 4.78 is 83.0. The molecule has 0 unspecified atom stereocenters. The van der Waals surface area contributed by atoms with Gasteiger partial charge < -0.3 is 10.1 Å². The van der Waals surface area contributed by atoms with E-state index in [1.807, 2.05) is 32.9 Å². The zero-order chi connectivity index (χ0) is 25.9. The molecular weight excluding hydrogens is 464 g/mol. The van der Waals surface area contributed by atoms with E-state index in [2.05, 4.69) is 5.32 Å². The summed E-state index contributed by atoms with van der Waals surface area (Å²) in [6.45, 7) is 6.08. The second kappa shape index (κ2) is 10.1. The number of methoxy groups -OCH3 is 1. The SMILES string of the molecule is COC(=O)[C@H](Cc1ccc(C(C)(C)C)cc1)NC(=O)Cc1cc(C(F)(F)F)cc(C(F)(F)F)c1. The molecule has 1 amide bonds. The molecule has 0 radical (unpaired) electrons. The van der Waals surface area contributed by atoms with E-state index >= 15 is 0 Å². The molecule has 0 aliphatic heterocycles. The Morgan fingerprint density at radius 3 is 1.74 bits per heavy atom. The molecule has 4 nitrogen and oxygen atoms in total. The van der Waals surface area contributed by atoms with Crippen LogP contribution in [0.25, 0.3) is 0 Å². The van der Waals surface area contributed by atoms with Gasteiger partial charge in [0.2, 0.25) is 5.91 Å². The van der Waals surface area contributed by atoms with Crippen molar-refractivity contribution >= 4 is 11.9 Å². The fourth-order valence-corrected chi connectivity index (χ4v) is 3.26. The van der Waals surface area contributed by atoms with Crippen LogP contribution >= 0.6 is 0 Å². The highest BCUT2D eigenvalue weighted by Crippen LogP contribution is 2.36. The number of carbonyl (C=O) groups excluding carboxylic acids is 2. The number of benzene rings is 2. The maximum atomic E-state index is 13.1. The van der Waals surface area contributed by atoms with Gasteiger partial charge in [0.05, 0.1) is 24.7 Å². The maximum Gasteiger partial charge on any atom is 0.416 e. The van der Waals surface area contributed by atoms with Gasteiger partial charge >= 0.3 is 18.3 Å². The van der Waals surface area contributed by atoms with Gasteiger partial charge in [-0.1, -0.05) is 45.0 Å². The van der Waals surface area contributed by atoms with Crippen molar-refractivity contribution in [2.45, 2.75) is 57.4 Å². The van der Waals surface area contributed by atoms with Gasteiger partial charge in [-0.25, -0.2) is 4.79 Å². The van der Waals surface area contributed by atoms with Crippen LogP contribution in [0.1, 0.15) is 48.6 Å². The van der Waals surface area contributed by atoms with Gasteiger partial charge in [-0.2, -0.15) is 26.3 Å². The lowest BCUT2D eigenvalue weighted by atomic mass is 9.86. The first-order chi connectivity index (χ1) is 15.5. The monoisotopic (exact) mass is 489 g/mol. The molecule has 0 aliphatic carbocycles. The van der Waals surface area contributed by atoms with E-state index in [0.717, 1.165) is 12.7 Å². The first-order valence-electron chi connectivity index (χ1n) is 10.3. The molecule has 34 heavy (non-hydrogen) atoms. The van der Waals surface area contributed by atoms with Crippen LogP contribution in [0.5, 0.6) is 0 Å². The highest BCUT2D eigenvalue weighted by Gasteiger charge is 2.37. The normalized spacial score (nSPS) is 13.4. The Labute approximate surface area is 193 Å². The predicted octanol–water partition coefficient (Wildman–Crippen LogP) is 5.46. The van der Waals surface area contributed by atoms with E-state index in [1.54, 1.807) is 12.1 Å². The van der Waals surface area contributed by atoms with E-state index in [9.17, 15) is 35.9 Å². The average molecular weight is 489 g/mol. The molecule has 0 fully saturated rings. The lowest BCUT2D eigenvalue weighted by Crippen LogP contribution is -2.43. The molecule has 0 aromatic heterocycles. The molecule has 0 spiro atoms. The first-order valence-corrected chi connectivity index (χ1v) is 10.3. The molecule has 0 saturated carbocycles. The van der Waals surface area contributed by atoms with Gasteiger partial charge in [-0.05, 0) is 40.3 Å². The van der Waals surface area contributed by atoms with Crippen LogP contribution in [0.2, 0.25) is 0 Å². The van der Waals surface area contributed by atoms with Gasteiger partial charge in [0, 0.05) is 6.42 Å². The minimum absolute atomic E-state index is 0.0140. The zero-order valence-corrected chi connectivity index (χ0v) is 19.0. The quantitative estimate of drug-likeness (QED) is 0.433. The highest BCUT2D eigenvalue weighted by atomic mass is 19.4. The summed E-state index contributed by atoms with van der Waals surface area (Å²) in [5.74, 6) is -1.72.